The normalized spacial score (nSPS) is 27.5. The maximum absolute atomic E-state index is 13.0. The van der Waals surface area contributed by atoms with Gasteiger partial charge in [-0.15, -0.1) is 0 Å². The SMILES string of the molecule is CCOC1(C(Cc2ccc(F)cc2)NN)CCC(C)CC1. The van der Waals surface area contributed by atoms with Crippen LogP contribution in [0.25, 0.3) is 0 Å². The first-order valence-corrected chi connectivity index (χ1v) is 7.94. The van der Waals surface area contributed by atoms with Gasteiger partial charge in [0.05, 0.1) is 11.6 Å². The topological polar surface area (TPSA) is 47.3 Å². The zero-order valence-electron chi connectivity index (χ0n) is 13.1. The molecule has 2 rings (SSSR count). The second-order valence-electron chi connectivity index (χ2n) is 6.23. The molecule has 0 bridgehead atoms. The van der Waals surface area contributed by atoms with Crippen LogP contribution >= 0.6 is 0 Å². The second-order valence-corrected chi connectivity index (χ2v) is 6.23. The number of halogens is 1. The fourth-order valence-electron chi connectivity index (χ4n) is 3.38. The van der Waals surface area contributed by atoms with Crippen LogP contribution < -0.4 is 11.3 Å². The Kier molecular flexibility index (Phi) is 5.73. The van der Waals surface area contributed by atoms with Gasteiger partial charge in [-0.3, -0.25) is 11.3 Å². The van der Waals surface area contributed by atoms with E-state index in [1.54, 1.807) is 0 Å². The lowest BCUT2D eigenvalue weighted by Gasteiger charge is -2.44. The first-order chi connectivity index (χ1) is 10.1. The lowest BCUT2D eigenvalue weighted by molar-refractivity contribution is -0.0961. The van der Waals surface area contributed by atoms with Gasteiger partial charge in [0.15, 0.2) is 0 Å². The predicted molar refractivity (Wildman–Crippen MR) is 83.2 cm³/mol. The fraction of sp³-hybridized carbons (Fsp3) is 0.647. The first kappa shape index (κ1) is 16.4. The number of nitrogens with two attached hydrogens (primary N) is 1. The molecule has 1 saturated carbocycles. The third-order valence-electron chi connectivity index (χ3n) is 4.74. The maximum Gasteiger partial charge on any atom is 0.123 e. The van der Waals surface area contributed by atoms with Gasteiger partial charge < -0.3 is 4.74 Å². The number of benzene rings is 1. The largest absolute Gasteiger partial charge is 0.374 e. The van der Waals surface area contributed by atoms with Crippen molar-refractivity contribution in [3.8, 4) is 0 Å². The number of hydrogen-bond donors (Lipinski definition) is 2. The van der Waals surface area contributed by atoms with E-state index in [1.165, 1.54) is 25.0 Å². The number of hydrogen-bond acceptors (Lipinski definition) is 3. The number of hydrazine groups is 1. The van der Waals surface area contributed by atoms with Crippen molar-refractivity contribution in [2.75, 3.05) is 6.61 Å². The monoisotopic (exact) mass is 294 g/mol. The lowest BCUT2D eigenvalue weighted by Crippen LogP contribution is -2.57. The summed E-state index contributed by atoms with van der Waals surface area (Å²) in [4.78, 5) is 0. The Morgan fingerprint density at radius 1 is 1.33 bits per heavy atom. The molecule has 0 heterocycles. The zero-order chi connectivity index (χ0) is 15.3. The van der Waals surface area contributed by atoms with Gasteiger partial charge in [-0.05, 0) is 62.6 Å². The van der Waals surface area contributed by atoms with Crippen LogP contribution in [0.4, 0.5) is 4.39 Å². The van der Waals surface area contributed by atoms with E-state index in [2.05, 4.69) is 12.3 Å². The molecule has 0 amide bonds. The van der Waals surface area contributed by atoms with Crippen LogP contribution in [0.15, 0.2) is 24.3 Å². The molecule has 1 unspecified atom stereocenters. The summed E-state index contributed by atoms with van der Waals surface area (Å²) in [5.74, 6) is 6.37. The van der Waals surface area contributed by atoms with Crippen LogP contribution in [0.3, 0.4) is 0 Å². The van der Waals surface area contributed by atoms with E-state index in [0.29, 0.717) is 6.61 Å². The van der Waals surface area contributed by atoms with E-state index in [4.69, 9.17) is 10.6 Å². The highest BCUT2D eigenvalue weighted by Crippen LogP contribution is 2.38. The Morgan fingerprint density at radius 3 is 2.48 bits per heavy atom. The summed E-state index contributed by atoms with van der Waals surface area (Å²) in [6.07, 6.45) is 5.14. The molecular formula is C17H27FN2O. The van der Waals surface area contributed by atoms with Crippen molar-refractivity contribution in [1.82, 2.24) is 5.43 Å². The lowest BCUT2D eigenvalue weighted by atomic mass is 9.74. The molecule has 0 saturated heterocycles. The van der Waals surface area contributed by atoms with Crippen LogP contribution in [-0.4, -0.2) is 18.2 Å². The Labute approximate surface area is 127 Å². The molecular weight excluding hydrogens is 267 g/mol. The van der Waals surface area contributed by atoms with Crippen molar-refractivity contribution in [2.24, 2.45) is 11.8 Å². The molecule has 0 radical (unpaired) electrons. The van der Waals surface area contributed by atoms with Crippen molar-refractivity contribution in [3.63, 3.8) is 0 Å². The van der Waals surface area contributed by atoms with E-state index in [9.17, 15) is 4.39 Å². The minimum absolute atomic E-state index is 0.0513. The number of nitrogens with one attached hydrogen (secondary N) is 1. The van der Waals surface area contributed by atoms with Crippen LogP contribution in [0, 0.1) is 11.7 Å². The van der Waals surface area contributed by atoms with Gasteiger partial charge in [0.2, 0.25) is 0 Å². The number of ether oxygens (including phenoxy) is 1. The smallest absolute Gasteiger partial charge is 0.123 e. The summed E-state index contributed by atoms with van der Waals surface area (Å²) >= 11 is 0. The maximum atomic E-state index is 13.0. The van der Waals surface area contributed by atoms with Crippen molar-refractivity contribution in [1.29, 1.82) is 0 Å². The van der Waals surface area contributed by atoms with E-state index in [-0.39, 0.29) is 17.5 Å². The molecule has 1 aromatic rings. The molecule has 21 heavy (non-hydrogen) atoms. The third-order valence-corrected chi connectivity index (χ3v) is 4.74. The minimum Gasteiger partial charge on any atom is -0.374 e. The summed E-state index contributed by atoms with van der Waals surface area (Å²) in [5, 5.41) is 0. The van der Waals surface area contributed by atoms with Gasteiger partial charge in [0.25, 0.3) is 0 Å². The van der Waals surface area contributed by atoms with Crippen LogP contribution in [0.5, 0.6) is 0 Å². The molecule has 3 N–H and O–H groups in total. The highest BCUT2D eigenvalue weighted by molar-refractivity contribution is 5.18. The Bertz CT molecular complexity index is 427. The van der Waals surface area contributed by atoms with Crippen LogP contribution in [0.1, 0.15) is 45.1 Å². The zero-order valence-corrected chi connectivity index (χ0v) is 13.1. The Morgan fingerprint density at radius 2 is 1.95 bits per heavy atom. The van der Waals surface area contributed by atoms with Gasteiger partial charge in [0.1, 0.15) is 5.82 Å². The average Bonchev–Trinajstić information content (AvgIpc) is 2.49. The predicted octanol–water partition coefficient (Wildman–Crippen LogP) is 3.19. The van der Waals surface area contributed by atoms with E-state index in [1.807, 2.05) is 19.1 Å². The fourth-order valence-corrected chi connectivity index (χ4v) is 3.38. The third kappa shape index (κ3) is 4.02. The van der Waals surface area contributed by atoms with Crippen molar-refractivity contribution < 1.29 is 9.13 Å². The standard InChI is InChI=1S/C17H27FN2O/c1-3-21-17(10-8-13(2)9-11-17)16(20-19)12-14-4-6-15(18)7-5-14/h4-7,13,16,20H,3,8-12,19H2,1-2H3. The highest BCUT2D eigenvalue weighted by atomic mass is 19.1. The minimum atomic E-state index is -0.206. The quantitative estimate of drug-likeness (QED) is 0.626. The molecule has 1 atom stereocenters. The summed E-state index contributed by atoms with van der Waals surface area (Å²) in [6, 6.07) is 6.70. The molecule has 3 nitrogen and oxygen atoms in total. The van der Waals surface area contributed by atoms with Crippen molar-refractivity contribution in [2.45, 2.75) is 57.6 Å². The second kappa shape index (κ2) is 7.34. The van der Waals surface area contributed by atoms with Gasteiger partial charge in [-0.25, -0.2) is 4.39 Å². The highest BCUT2D eigenvalue weighted by Gasteiger charge is 2.41. The number of rotatable bonds is 6. The van der Waals surface area contributed by atoms with E-state index >= 15 is 0 Å². The van der Waals surface area contributed by atoms with Gasteiger partial charge >= 0.3 is 0 Å². The van der Waals surface area contributed by atoms with E-state index < -0.39 is 0 Å². The summed E-state index contributed by atoms with van der Waals surface area (Å²) in [6.45, 7) is 5.02. The molecule has 1 aromatic carbocycles. The first-order valence-electron chi connectivity index (χ1n) is 7.94. The van der Waals surface area contributed by atoms with Gasteiger partial charge in [0, 0.05) is 6.61 Å². The summed E-state index contributed by atoms with van der Waals surface area (Å²) in [7, 11) is 0. The van der Waals surface area contributed by atoms with Crippen molar-refractivity contribution in [3.05, 3.63) is 35.6 Å². The van der Waals surface area contributed by atoms with Gasteiger partial charge in [-0.1, -0.05) is 19.1 Å². The van der Waals surface area contributed by atoms with E-state index in [0.717, 1.165) is 30.7 Å². The molecule has 1 aliphatic carbocycles. The molecule has 4 heteroatoms. The Hall–Kier alpha value is -0.970. The molecule has 0 spiro atoms. The molecule has 1 fully saturated rings. The average molecular weight is 294 g/mol. The molecule has 0 aromatic heterocycles. The summed E-state index contributed by atoms with van der Waals surface area (Å²) < 4.78 is 19.2. The van der Waals surface area contributed by atoms with Crippen LogP contribution in [-0.2, 0) is 11.2 Å². The van der Waals surface area contributed by atoms with Gasteiger partial charge in [-0.2, -0.15) is 0 Å². The Balaban J connectivity index is 2.13. The van der Waals surface area contributed by atoms with Crippen LogP contribution in [0.2, 0.25) is 0 Å². The summed E-state index contributed by atoms with van der Waals surface area (Å²) in [5.41, 5.74) is 3.83. The molecule has 1 aliphatic rings. The van der Waals surface area contributed by atoms with Crippen molar-refractivity contribution >= 4 is 0 Å². The molecule has 118 valence electrons. The molecule has 0 aliphatic heterocycles.